The lowest BCUT2D eigenvalue weighted by Crippen LogP contribution is -2.30. The molecule has 1 aliphatic heterocycles. The van der Waals surface area contributed by atoms with Gasteiger partial charge < -0.3 is 18.8 Å². The molecule has 0 radical (unpaired) electrons. The maximum Gasteiger partial charge on any atom is 0.290 e. The largest absolute Gasteiger partial charge is 0.493 e. The van der Waals surface area contributed by atoms with Crippen LogP contribution in [-0.4, -0.2) is 31.6 Å². The summed E-state index contributed by atoms with van der Waals surface area (Å²) >= 11 is 0. The molecule has 1 unspecified atom stereocenters. The molecule has 162 valence electrons. The average Bonchev–Trinajstić information content (AvgIpc) is 3.04. The highest BCUT2D eigenvalue weighted by molar-refractivity contribution is 5.99. The molecular weight excluding hydrogens is 394 g/mol. The Balaban J connectivity index is 1.99. The van der Waals surface area contributed by atoms with Gasteiger partial charge in [-0.05, 0) is 55.2 Å². The number of unbranched alkanes of at least 4 members (excludes halogenated alkanes) is 1. The van der Waals surface area contributed by atoms with Gasteiger partial charge in [0.1, 0.15) is 5.58 Å². The van der Waals surface area contributed by atoms with Gasteiger partial charge in [0, 0.05) is 6.54 Å². The second-order valence-corrected chi connectivity index (χ2v) is 8.00. The fraction of sp³-hybridized carbons (Fsp3) is 0.360. The van der Waals surface area contributed by atoms with Crippen molar-refractivity contribution in [1.82, 2.24) is 4.90 Å². The standard InChI is InChI=1S/C25H27NO5/c1-6-7-10-26-21(16-8-9-18(29-4)19(13-16)30-5)20-22(27)17-12-14(2)11-15(3)23(17)31-24(20)25(26)28/h8-9,11-13,21H,6-7,10H2,1-5H3. The Morgan fingerprint density at radius 2 is 1.77 bits per heavy atom. The molecule has 0 aliphatic carbocycles. The van der Waals surface area contributed by atoms with E-state index in [1.54, 1.807) is 25.2 Å². The van der Waals surface area contributed by atoms with Crippen molar-refractivity contribution in [1.29, 1.82) is 0 Å². The number of methoxy groups -OCH3 is 2. The maximum atomic E-state index is 13.7. The molecule has 0 bridgehead atoms. The zero-order chi connectivity index (χ0) is 22.3. The molecule has 2 heterocycles. The third-order valence-corrected chi connectivity index (χ3v) is 5.87. The summed E-state index contributed by atoms with van der Waals surface area (Å²) in [7, 11) is 3.14. The van der Waals surface area contributed by atoms with Crippen molar-refractivity contribution >= 4 is 16.9 Å². The predicted octanol–water partition coefficient (Wildman–Crippen LogP) is 4.77. The van der Waals surface area contributed by atoms with Crippen molar-refractivity contribution in [3.05, 3.63) is 68.6 Å². The Kier molecular flexibility index (Phi) is 5.48. The van der Waals surface area contributed by atoms with Crippen LogP contribution in [0.1, 0.15) is 58.6 Å². The normalized spacial score (nSPS) is 15.5. The second-order valence-electron chi connectivity index (χ2n) is 8.00. The summed E-state index contributed by atoms with van der Waals surface area (Å²) in [6.07, 6.45) is 1.76. The number of benzene rings is 2. The third kappa shape index (κ3) is 3.36. The first-order chi connectivity index (χ1) is 14.9. The number of fused-ring (bicyclic) bond motifs is 2. The van der Waals surface area contributed by atoms with Crippen LogP contribution in [-0.2, 0) is 0 Å². The second kappa shape index (κ2) is 8.10. The number of nitrogens with zero attached hydrogens (tertiary/aromatic N) is 1. The quantitative estimate of drug-likeness (QED) is 0.573. The number of aryl methyl sites for hydroxylation is 2. The highest BCUT2D eigenvalue weighted by Gasteiger charge is 2.42. The molecule has 2 aromatic carbocycles. The molecule has 0 fully saturated rings. The zero-order valence-corrected chi connectivity index (χ0v) is 18.6. The molecule has 31 heavy (non-hydrogen) atoms. The van der Waals surface area contributed by atoms with Gasteiger partial charge in [0.15, 0.2) is 16.9 Å². The number of rotatable bonds is 6. The summed E-state index contributed by atoms with van der Waals surface area (Å²) in [6.45, 7) is 6.45. The molecule has 6 nitrogen and oxygen atoms in total. The van der Waals surface area contributed by atoms with Crippen LogP contribution in [0, 0.1) is 13.8 Å². The Morgan fingerprint density at radius 3 is 2.45 bits per heavy atom. The Morgan fingerprint density at radius 1 is 1.03 bits per heavy atom. The minimum atomic E-state index is -0.532. The Labute approximate surface area is 181 Å². The van der Waals surface area contributed by atoms with Crippen molar-refractivity contribution in [3.8, 4) is 11.5 Å². The van der Waals surface area contributed by atoms with Crippen molar-refractivity contribution in [3.63, 3.8) is 0 Å². The van der Waals surface area contributed by atoms with E-state index in [0.717, 1.165) is 29.5 Å². The number of hydrogen-bond donors (Lipinski definition) is 0. The van der Waals surface area contributed by atoms with Crippen LogP contribution in [0.25, 0.3) is 11.0 Å². The molecule has 0 saturated heterocycles. The highest BCUT2D eigenvalue weighted by Crippen LogP contribution is 2.41. The van der Waals surface area contributed by atoms with Crippen molar-refractivity contribution in [2.45, 2.75) is 39.7 Å². The number of carbonyl (C=O) groups excluding carboxylic acids is 1. The molecule has 0 N–H and O–H groups in total. The maximum absolute atomic E-state index is 13.7. The van der Waals surface area contributed by atoms with Crippen LogP contribution < -0.4 is 14.9 Å². The topological polar surface area (TPSA) is 69.0 Å². The lowest BCUT2D eigenvalue weighted by atomic mass is 9.97. The van der Waals surface area contributed by atoms with E-state index in [4.69, 9.17) is 13.9 Å². The van der Waals surface area contributed by atoms with Gasteiger partial charge in [0.25, 0.3) is 5.91 Å². The van der Waals surface area contributed by atoms with Crippen LogP contribution >= 0.6 is 0 Å². The molecule has 0 saturated carbocycles. The van der Waals surface area contributed by atoms with Crippen molar-refractivity contribution in [2.24, 2.45) is 0 Å². The predicted molar refractivity (Wildman–Crippen MR) is 119 cm³/mol. The van der Waals surface area contributed by atoms with E-state index in [1.165, 1.54) is 0 Å². The van der Waals surface area contributed by atoms with Crippen LogP contribution in [0.4, 0.5) is 0 Å². The van der Waals surface area contributed by atoms with Gasteiger partial charge in [-0.15, -0.1) is 0 Å². The fourth-order valence-corrected chi connectivity index (χ4v) is 4.40. The van der Waals surface area contributed by atoms with E-state index in [1.807, 2.05) is 38.1 Å². The lowest BCUT2D eigenvalue weighted by molar-refractivity contribution is 0.0725. The molecule has 3 aromatic rings. The van der Waals surface area contributed by atoms with Crippen molar-refractivity contribution in [2.75, 3.05) is 20.8 Å². The van der Waals surface area contributed by atoms with Gasteiger partial charge in [-0.25, -0.2) is 0 Å². The number of amides is 1. The van der Waals surface area contributed by atoms with Gasteiger partial charge in [-0.1, -0.05) is 25.5 Å². The molecule has 4 rings (SSSR count). The molecule has 0 spiro atoms. The van der Waals surface area contributed by atoms with Crippen LogP contribution in [0.2, 0.25) is 0 Å². The number of hydrogen-bond acceptors (Lipinski definition) is 5. The third-order valence-electron chi connectivity index (χ3n) is 5.87. The molecule has 6 heteroatoms. The van der Waals surface area contributed by atoms with Gasteiger partial charge in [-0.2, -0.15) is 0 Å². The van der Waals surface area contributed by atoms with Crippen LogP contribution in [0.3, 0.4) is 0 Å². The molecule has 1 aromatic heterocycles. The first-order valence-corrected chi connectivity index (χ1v) is 10.5. The highest BCUT2D eigenvalue weighted by atomic mass is 16.5. The Bertz CT molecular complexity index is 1230. The summed E-state index contributed by atoms with van der Waals surface area (Å²) in [4.78, 5) is 28.8. The summed E-state index contributed by atoms with van der Waals surface area (Å²) < 4.78 is 16.9. The number of ether oxygens (including phenoxy) is 2. The number of carbonyl (C=O) groups is 1. The minimum absolute atomic E-state index is 0.139. The van der Waals surface area contributed by atoms with Crippen LogP contribution in [0.5, 0.6) is 11.5 Å². The molecular formula is C25H27NO5. The lowest BCUT2D eigenvalue weighted by Gasteiger charge is -2.25. The van der Waals surface area contributed by atoms with Crippen molar-refractivity contribution < 1.29 is 18.7 Å². The fourth-order valence-electron chi connectivity index (χ4n) is 4.40. The summed E-state index contributed by atoms with van der Waals surface area (Å²) in [6, 6.07) is 8.76. The van der Waals surface area contributed by atoms with Gasteiger partial charge in [0.2, 0.25) is 5.76 Å². The van der Waals surface area contributed by atoms with Gasteiger partial charge >= 0.3 is 0 Å². The molecule has 1 atom stereocenters. The first kappa shape index (κ1) is 21.0. The van der Waals surface area contributed by atoms with E-state index in [9.17, 15) is 9.59 Å². The SMILES string of the molecule is CCCCN1C(=O)c2oc3c(C)cc(C)cc3c(=O)c2C1c1ccc(OC)c(OC)c1. The summed E-state index contributed by atoms with van der Waals surface area (Å²) in [5.74, 6) is 1.03. The van der Waals surface area contributed by atoms with E-state index in [0.29, 0.717) is 34.6 Å². The van der Waals surface area contributed by atoms with E-state index in [2.05, 4.69) is 6.92 Å². The van der Waals surface area contributed by atoms with Gasteiger partial charge in [0.05, 0.1) is 31.2 Å². The van der Waals surface area contributed by atoms with Gasteiger partial charge in [-0.3, -0.25) is 9.59 Å². The van der Waals surface area contributed by atoms with Crippen LogP contribution in [0.15, 0.2) is 39.5 Å². The zero-order valence-electron chi connectivity index (χ0n) is 18.6. The molecule has 1 amide bonds. The summed E-state index contributed by atoms with van der Waals surface area (Å²) in [5.41, 5.74) is 3.33. The average molecular weight is 421 g/mol. The molecule has 1 aliphatic rings. The summed E-state index contributed by atoms with van der Waals surface area (Å²) in [5, 5.41) is 0.506. The smallest absolute Gasteiger partial charge is 0.290 e. The minimum Gasteiger partial charge on any atom is -0.493 e. The van der Waals surface area contributed by atoms with E-state index >= 15 is 0 Å². The Hall–Kier alpha value is -3.28. The van der Waals surface area contributed by atoms with E-state index < -0.39 is 6.04 Å². The monoisotopic (exact) mass is 421 g/mol. The van der Waals surface area contributed by atoms with E-state index in [-0.39, 0.29) is 17.1 Å². The first-order valence-electron chi connectivity index (χ1n) is 10.5.